The summed E-state index contributed by atoms with van der Waals surface area (Å²) in [6.45, 7) is 4.60. The highest BCUT2D eigenvalue weighted by Gasteiger charge is 2.19. The molecule has 0 spiro atoms. The minimum Gasteiger partial charge on any atom is -0.383 e. The van der Waals surface area contributed by atoms with E-state index >= 15 is 0 Å². The number of likely N-dealkylation sites (N-methyl/N-ethyl adjacent to an activating group) is 3. The van der Waals surface area contributed by atoms with Crippen molar-refractivity contribution in [3.05, 3.63) is 104 Å². The number of H-pyrrole nitrogens is 2. The van der Waals surface area contributed by atoms with E-state index in [0.29, 0.717) is 105 Å². The zero-order valence-electron chi connectivity index (χ0n) is 31.6. The number of nitrogens with zero attached hydrogens (tertiary/aromatic N) is 3. The zero-order chi connectivity index (χ0) is 38.4. The first-order chi connectivity index (χ1) is 26.0. The Morgan fingerprint density at radius 1 is 0.537 bits per heavy atom. The third kappa shape index (κ3) is 8.38. The average Bonchev–Trinajstić information content (AvgIpc) is 3.14. The predicted octanol–water partition coefficient (Wildman–Crippen LogP) is 3.71. The summed E-state index contributed by atoms with van der Waals surface area (Å²) in [5, 5.41) is 14.8. The quantitative estimate of drug-likeness (QED) is 0.0817. The van der Waals surface area contributed by atoms with E-state index in [4.69, 9.17) is 0 Å². The molecule has 2 heterocycles. The van der Waals surface area contributed by atoms with E-state index in [1.165, 1.54) is 0 Å². The fourth-order valence-electron chi connectivity index (χ4n) is 6.58. The predicted molar refractivity (Wildman–Crippen MR) is 220 cm³/mol. The molecule has 0 atom stereocenters. The van der Waals surface area contributed by atoms with Crippen LogP contribution in [0.4, 0.5) is 11.4 Å². The molecule has 282 valence electrons. The number of fused-ring (bicyclic) bond motifs is 4. The molecule has 13 nitrogen and oxygen atoms in total. The second-order valence-corrected chi connectivity index (χ2v) is 14.1. The van der Waals surface area contributed by atoms with Gasteiger partial charge in [-0.05, 0) is 83.8 Å². The molecule has 2 aromatic heterocycles. The van der Waals surface area contributed by atoms with Crippen molar-refractivity contribution in [1.29, 1.82) is 0 Å². The van der Waals surface area contributed by atoms with E-state index in [1.54, 1.807) is 36.4 Å². The Morgan fingerprint density at radius 3 is 1.35 bits per heavy atom. The lowest BCUT2D eigenvalue weighted by Gasteiger charge is -2.19. The molecule has 0 aliphatic carbocycles. The summed E-state index contributed by atoms with van der Waals surface area (Å²) in [7, 11) is 9.86. The topological polar surface area (TPSA) is 158 Å². The van der Waals surface area contributed by atoms with Gasteiger partial charge in [0.05, 0.1) is 32.9 Å². The Bertz CT molecular complexity index is 2270. The van der Waals surface area contributed by atoms with Crippen molar-refractivity contribution < 1.29 is 9.59 Å². The Morgan fingerprint density at radius 2 is 0.944 bits per heavy atom. The van der Waals surface area contributed by atoms with Crippen LogP contribution in [0.15, 0.2) is 82.4 Å². The maximum atomic E-state index is 13.7. The van der Waals surface area contributed by atoms with Crippen LogP contribution >= 0.6 is 0 Å². The van der Waals surface area contributed by atoms with Crippen LogP contribution in [-0.2, 0) is 0 Å². The van der Waals surface area contributed by atoms with Crippen molar-refractivity contribution in [2.45, 2.75) is 0 Å². The minimum absolute atomic E-state index is 0.136. The Labute approximate surface area is 313 Å². The molecule has 0 saturated carbocycles. The van der Waals surface area contributed by atoms with Gasteiger partial charge < -0.3 is 45.9 Å². The molecule has 0 bridgehead atoms. The second-order valence-electron chi connectivity index (χ2n) is 14.1. The monoisotopic (exact) mass is 731 g/mol. The molecule has 0 unspecified atom stereocenters. The van der Waals surface area contributed by atoms with Crippen molar-refractivity contribution in [1.82, 2.24) is 35.3 Å². The van der Waals surface area contributed by atoms with Gasteiger partial charge in [0, 0.05) is 85.5 Å². The number of carbonyl (C=O) groups is 2. The summed E-state index contributed by atoms with van der Waals surface area (Å²) < 4.78 is 0. The van der Waals surface area contributed by atoms with E-state index in [1.807, 2.05) is 76.5 Å². The van der Waals surface area contributed by atoms with Crippen LogP contribution in [-0.4, -0.2) is 124 Å². The smallest absolute Gasteiger partial charge is 0.253 e. The number of aromatic nitrogens is 2. The van der Waals surface area contributed by atoms with Crippen molar-refractivity contribution in [3.63, 3.8) is 0 Å². The number of benzene rings is 4. The summed E-state index contributed by atoms with van der Waals surface area (Å²) in [6.07, 6.45) is 0. The van der Waals surface area contributed by atoms with E-state index in [2.05, 4.69) is 41.0 Å². The fraction of sp³-hybridized carbons (Fsp3) is 0.317. The van der Waals surface area contributed by atoms with Gasteiger partial charge in [-0.1, -0.05) is 24.3 Å². The molecule has 6 aromatic rings. The Kier molecular flexibility index (Phi) is 11.9. The first-order valence-corrected chi connectivity index (χ1v) is 18.2. The highest BCUT2D eigenvalue weighted by Crippen LogP contribution is 2.27. The van der Waals surface area contributed by atoms with E-state index in [-0.39, 0.29) is 22.7 Å². The molecule has 6 rings (SSSR count). The van der Waals surface area contributed by atoms with Gasteiger partial charge in [-0.25, -0.2) is 0 Å². The lowest BCUT2D eigenvalue weighted by Crippen LogP contribution is -2.37. The number of amides is 2. The van der Waals surface area contributed by atoms with Crippen LogP contribution in [0.3, 0.4) is 0 Å². The summed E-state index contributed by atoms with van der Waals surface area (Å²) in [5.41, 5.74) is 4.16. The SMILES string of the molecule is CN(C)CCNc1ccc(C(=O)NCCN(C)CCNC(=O)c2ccc(NCCN(C)C)c3c(=O)c4ccccc4[nH]c23)c2[nH]c3ccccc3c(=O)c12. The van der Waals surface area contributed by atoms with E-state index < -0.39 is 0 Å². The van der Waals surface area contributed by atoms with Crippen LogP contribution < -0.4 is 32.1 Å². The van der Waals surface area contributed by atoms with Crippen LogP contribution in [0, 0.1) is 0 Å². The molecule has 0 saturated heterocycles. The van der Waals surface area contributed by atoms with Crippen molar-refractivity contribution in [2.75, 3.05) is 98.2 Å². The van der Waals surface area contributed by atoms with E-state index in [9.17, 15) is 19.2 Å². The van der Waals surface area contributed by atoms with Gasteiger partial charge >= 0.3 is 0 Å². The van der Waals surface area contributed by atoms with Gasteiger partial charge in [0.15, 0.2) is 10.9 Å². The van der Waals surface area contributed by atoms with Gasteiger partial charge in [0.2, 0.25) is 0 Å². The molecule has 0 fully saturated rings. The number of rotatable bonds is 16. The number of hydrogen-bond donors (Lipinski definition) is 6. The van der Waals surface area contributed by atoms with Gasteiger partial charge in [0.25, 0.3) is 11.8 Å². The van der Waals surface area contributed by atoms with Gasteiger partial charge in [-0.3, -0.25) is 19.2 Å². The molecule has 2 amide bonds. The lowest BCUT2D eigenvalue weighted by atomic mass is 10.0. The first kappa shape index (κ1) is 38.0. The highest BCUT2D eigenvalue weighted by molar-refractivity contribution is 6.12. The van der Waals surface area contributed by atoms with Crippen molar-refractivity contribution >= 4 is 66.8 Å². The summed E-state index contributed by atoms with van der Waals surface area (Å²) in [6, 6.07) is 21.7. The first-order valence-electron chi connectivity index (χ1n) is 18.2. The fourth-order valence-corrected chi connectivity index (χ4v) is 6.58. The summed E-state index contributed by atoms with van der Waals surface area (Å²) >= 11 is 0. The zero-order valence-corrected chi connectivity index (χ0v) is 31.6. The summed E-state index contributed by atoms with van der Waals surface area (Å²) in [4.78, 5) is 67.2. The molecule has 0 radical (unpaired) electrons. The maximum Gasteiger partial charge on any atom is 0.253 e. The molecular weight excluding hydrogens is 683 g/mol. The second kappa shape index (κ2) is 16.9. The maximum absolute atomic E-state index is 13.7. The number of pyridine rings is 2. The molecule has 13 heteroatoms. The lowest BCUT2D eigenvalue weighted by molar-refractivity contribution is 0.0950. The van der Waals surface area contributed by atoms with Gasteiger partial charge in [-0.2, -0.15) is 0 Å². The molecular formula is C41H49N9O4. The summed E-state index contributed by atoms with van der Waals surface area (Å²) in [5.74, 6) is -0.582. The Hall–Kier alpha value is -5.76. The van der Waals surface area contributed by atoms with Gasteiger partial charge in [-0.15, -0.1) is 0 Å². The Balaban J connectivity index is 1.10. The largest absolute Gasteiger partial charge is 0.383 e. The number of para-hydroxylation sites is 2. The van der Waals surface area contributed by atoms with Crippen LogP contribution in [0.1, 0.15) is 20.7 Å². The van der Waals surface area contributed by atoms with Gasteiger partial charge in [0.1, 0.15) is 0 Å². The molecule has 0 aliphatic heterocycles. The van der Waals surface area contributed by atoms with Crippen LogP contribution in [0.25, 0.3) is 43.6 Å². The van der Waals surface area contributed by atoms with Crippen molar-refractivity contribution in [3.8, 4) is 0 Å². The normalized spacial score (nSPS) is 11.7. The number of hydrogen-bond acceptors (Lipinski definition) is 9. The van der Waals surface area contributed by atoms with E-state index in [0.717, 1.165) is 13.1 Å². The molecule has 6 N–H and O–H groups in total. The third-order valence-electron chi connectivity index (χ3n) is 9.52. The number of anilines is 2. The third-order valence-corrected chi connectivity index (χ3v) is 9.52. The molecule has 4 aromatic carbocycles. The molecule has 54 heavy (non-hydrogen) atoms. The molecule has 0 aliphatic rings. The number of nitrogens with one attached hydrogen (secondary N) is 6. The average molecular weight is 732 g/mol. The number of aromatic amines is 2. The standard InChI is InChI=1S/C41H49N9O4/c1-48(2)22-18-42-32-16-14-28(36-34(32)38(51)26-10-6-8-12-30(26)46-36)40(53)44-20-24-50(5)25-21-45-41(54)29-15-17-33(43-19-23-49(3)4)35-37(29)47-31-13-9-7-11-27(31)39(35)52/h6-17,42-43H,18-25H2,1-5H3,(H,44,53)(H,45,54)(H,46,51)(H,47,52). The number of carbonyl (C=O) groups excluding carboxylic acids is 2. The van der Waals surface area contributed by atoms with Crippen LogP contribution in [0.2, 0.25) is 0 Å². The van der Waals surface area contributed by atoms with Crippen molar-refractivity contribution in [2.24, 2.45) is 0 Å². The highest BCUT2D eigenvalue weighted by atomic mass is 16.2. The minimum atomic E-state index is -0.291. The van der Waals surface area contributed by atoms with Crippen LogP contribution in [0.5, 0.6) is 0 Å².